The Kier molecular flexibility index (Phi) is 3.87. The summed E-state index contributed by atoms with van der Waals surface area (Å²) in [6.45, 7) is 0. The number of anilines is 2. The zero-order valence-corrected chi connectivity index (χ0v) is 10.9. The molecule has 0 saturated heterocycles. The van der Waals surface area contributed by atoms with Crippen molar-refractivity contribution in [2.24, 2.45) is 0 Å². The second kappa shape index (κ2) is 5.58. The Hall–Kier alpha value is -2.27. The average molecular weight is 278 g/mol. The van der Waals surface area contributed by atoms with E-state index in [0.29, 0.717) is 22.1 Å². The number of hydrogen-bond acceptors (Lipinski definition) is 4. The van der Waals surface area contributed by atoms with Gasteiger partial charge in [0.15, 0.2) is 0 Å². The number of carbonyl (C=O) groups excluding carboxylic acids is 1. The fourth-order valence-electron chi connectivity index (χ4n) is 1.48. The van der Waals surface area contributed by atoms with Crippen LogP contribution in [0.1, 0.15) is 10.5 Å². The van der Waals surface area contributed by atoms with E-state index in [9.17, 15) is 4.79 Å². The van der Waals surface area contributed by atoms with Crippen molar-refractivity contribution in [3.05, 3.63) is 47.2 Å². The molecule has 0 spiro atoms. The van der Waals surface area contributed by atoms with Crippen LogP contribution in [0, 0.1) is 0 Å². The van der Waals surface area contributed by atoms with Crippen LogP contribution in [0.3, 0.4) is 0 Å². The van der Waals surface area contributed by atoms with Gasteiger partial charge in [-0.25, -0.2) is 4.98 Å². The topological polar surface area (TPSA) is 77.2 Å². The lowest BCUT2D eigenvalue weighted by molar-refractivity contribution is 0.102. The Balaban J connectivity index is 2.14. The second-order valence-electron chi connectivity index (χ2n) is 3.78. The molecule has 0 bridgehead atoms. The molecule has 2 aromatic rings. The lowest BCUT2D eigenvalue weighted by Crippen LogP contribution is -2.13. The van der Waals surface area contributed by atoms with E-state index in [2.05, 4.69) is 10.3 Å². The molecule has 0 unspecified atom stereocenters. The zero-order chi connectivity index (χ0) is 13.8. The minimum Gasteiger partial charge on any atom is -0.495 e. The first-order chi connectivity index (χ1) is 9.10. The van der Waals surface area contributed by atoms with Gasteiger partial charge in [-0.2, -0.15) is 0 Å². The third kappa shape index (κ3) is 3.14. The van der Waals surface area contributed by atoms with Crippen molar-refractivity contribution in [3.63, 3.8) is 0 Å². The number of nitrogens with zero attached hydrogens (tertiary/aromatic N) is 1. The number of benzene rings is 1. The van der Waals surface area contributed by atoms with Gasteiger partial charge in [-0.1, -0.05) is 11.6 Å². The van der Waals surface area contributed by atoms with Crippen LogP contribution in [-0.2, 0) is 0 Å². The average Bonchev–Trinajstić information content (AvgIpc) is 2.39. The van der Waals surface area contributed by atoms with Crippen LogP contribution < -0.4 is 15.8 Å². The molecule has 0 aliphatic heterocycles. The van der Waals surface area contributed by atoms with Crippen molar-refractivity contribution >= 4 is 28.9 Å². The molecule has 0 aliphatic carbocycles. The maximum absolute atomic E-state index is 11.9. The van der Waals surface area contributed by atoms with Crippen molar-refractivity contribution in [2.75, 3.05) is 18.2 Å². The first-order valence-corrected chi connectivity index (χ1v) is 5.84. The van der Waals surface area contributed by atoms with Gasteiger partial charge in [-0.15, -0.1) is 0 Å². The number of carbonyl (C=O) groups is 1. The number of nitrogen functional groups attached to an aromatic ring is 1. The third-order valence-corrected chi connectivity index (χ3v) is 2.72. The van der Waals surface area contributed by atoms with E-state index in [1.165, 1.54) is 13.3 Å². The Labute approximate surface area is 115 Å². The Bertz CT molecular complexity index is 599. The number of nitrogens with one attached hydrogen (secondary N) is 1. The zero-order valence-electron chi connectivity index (χ0n) is 10.2. The van der Waals surface area contributed by atoms with Crippen molar-refractivity contribution < 1.29 is 9.53 Å². The fraction of sp³-hybridized carbons (Fsp3) is 0.0769. The van der Waals surface area contributed by atoms with Crippen LogP contribution >= 0.6 is 11.6 Å². The van der Waals surface area contributed by atoms with Crippen molar-refractivity contribution in [3.8, 4) is 5.75 Å². The highest BCUT2D eigenvalue weighted by Gasteiger charge is 2.09. The van der Waals surface area contributed by atoms with Gasteiger partial charge in [0, 0.05) is 5.69 Å². The molecule has 0 aliphatic rings. The molecule has 0 radical (unpaired) electrons. The number of hydrogen-bond donors (Lipinski definition) is 2. The number of rotatable bonds is 3. The van der Waals surface area contributed by atoms with E-state index in [0.717, 1.165) is 0 Å². The molecule has 5 nitrogen and oxygen atoms in total. The maximum Gasteiger partial charge on any atom is 0.274 e. The predicted molar refractivity (Wildman–Crippen MR) is 74.6 cm³/mol. The van der Waals surface area contributed by atoms with Crippen molar-refractivity contribution in [1.82, 2.24) is 4.98 Å². The SMILES string of the molecule is COc1ccc(NC(=O)c2ccc(N)cn2)cc1Cl. The van der Waals surface area contributed by atoms with E-state index in [1.807, 2.05) is 0 Å². The number of pyridine rings is 1. The Morgan fingerprint density at radius 2 is 2.16 bits per heavy atom. The summed E-state index contributed by atoms with van der Waals surface area (Å²) in [5.41, 5.74) is 6.85. The standard InChI is InChI=1S/C13H12ClN3O2/c1-19-12-5-3-9(6-10(12)14)17-13(18)11-4-2-8(15)7-16-11/h2-7H,15H2,1H3,(H,17,18). The molecule has 0 fully saturated rings. The molecule has 98 valence electrons. The largest absolute Gasteiger partial charge is 0.495 e. The van der Waals surface area contributed by atoms with Gasteiger partial charge < -0.3 is 15.8 Å². The Morgan fingerprint density at radius 3 is 2.74 bits per heavy atom. The lowest BCUT2D eigenvalue weighted by Gasteiger charge is -2.07. The number of aromatic nitrogens is 1. The number of halogens is 1. The predicted octanol–water partition coefficient (Wildman–Crippen LogP) is 2.58. The van der Waals surface area contributed by atoms with Crippen LogP contribution in [0.15, 0.2) is 36.5 Å². The summed E-state index contributed by atoms with van der Waals surface area (Å²) in [6, 6.07) is 8.14. The van der Waals surface area contributed by atoms with Crippen LogP contribution in [-0.4, -0.2) is 18.0 Å². The van der Waals surface area contributed by atoms with E-state index in [-0.39, 0.29) is 11.6 Å². The maximum atomic E-state index is 11.9. The molecule has 1 aromatic carbocycles. The summed E-state index contributed by atoms with van der Waals surface area (Å²) in [5, 5.41) is 3.11. The highest BCUT2D eigenvalue weighted by atomic mass is 35.5. The van der Waals surface area contributed by atoms with Crippen molar-refractivity contribution in [1.29, 1.82) is 0 Å². The van der Waals surface area contributed by atoms with Gasteiger partial charge in [0.25, 0.3) is 5.91 Å². The molecule has 6 heteroatoms. The molecule has 0 atom stereocenters. The quantitative estimate of drug-likeness (QED) is 0.904. The number of ether oxygens (including phenoxy) is 1. The summed E-state index contributed by atoms with van der Waals surface area (Å²) in [7, 11) is 1.53. The minimum absolute atomic E-state index is 0.279. The summed E-state index contributed by atoms with van der Waals surface area (Å²) >= 11 is 5.97. The first kappa shape index (κ1) is 13.2. The van der Waals surface area contributed by atoms with Crippen LogP contribution in [0.2, 0.25) is 5.02 Å². The summed E-state index contributed by atoms with van der Waals surface area (Å²) in [4.78, 5) is 15.8. The Morgan fingerprint density at radius 1 is 1.37 bits per heavy atom. The lowest BCUT2D eigenvalue weighted by atomic mass is 10.2. The second-order valence-corrected chi connectivity index (χ2v) is 4.19. The molecule has 1 aromatic heterocycles. The highest BCUT2D eigenvalue weighted by molar-refractivity contribution is 6.32. The van der Waals surface area contributed by atoms with E-state index >= 15 is 0 Å². The van der Waals surface area contributed by atoms with Crippen molar-refractivity contribution in [2.45, 2.75) is 0 Å². The first-order valence-electron chi connectivity index (χ1n) is 5.46. The normalized spacial score (nSPS) is 10.0. The van der Waals surface area contributed by atoms with Crippen LogP contribution in [0.25, 0.3) is 0 Å². The van der Waals surface area contributed by atoms with E-state index in [1.54, 1.807) is 30.3 Å². The number of nitrogens with two attached hydrogens (primary N) is 1. The molecular formula is C13H12ClN3O2. The molecular weight excluding hydrogens is 266 g/mol. The fourth-order valence-corrected chi connectivity index (χ4v) is 1.74. The molecule has 1 amide bonds. The van der Waals surface area contributed by atoms with E-state index < -0.39 is 0 Å². The number of methoxy groups -OCH3 is 1. The molecule has 19 heavy (non-hydrogen) atoms. The van der Waals surface area contributed by atoms with Crippen LogP contribution in [0.5, 0.6) is 5.75 Å². The van der Waals surface area contributed by atoms with Crippen LogP contribution in [0.4, 0.5) is 11.4 Å². The smallest absolute Gasteiger partial charge is 0.274 e. The summed E-state index contributed by atoms with van der Waals surface area (Å²) in [5.74, 6) is 0.214. The monoisotopic (exact) mass is 277 g/mol. The highest BCUT2D eigenvalue weighted by Crippen LogP contribution is 2.27. The van der Waals surface area contributed by atoms with Gasteiger partial charge in [0.05, 0.1) is 24.0 Å². The summed E-state index contributed by atoms with van der Waals surface area (Å²) < 4.78 is 5.03. The number of amides is 1. The minimum atomic E-state index is -0.332. The summed E-state index contributed by atoms with van der Waals surface area (Å²) in [6.07, 6.45) is 1.43. The van der Waals surface area contributed by atoms with E-state index in [4.69, 9.17) is 22.1 Å². The molecule has 2 rings (SSSR count). The molecule has 0 saturated carbocycles. The molecule has 3 N–H and O–H groups in total. The van der Waals surface area contributed by atoms with Gasteiger partial charge in [-0.05, 0) is 30.3 Å². The third-order valence-electron chi connectivity index (χ3n) is 2.43. The van der Waals surface area contributed by atoms with Gasteiger partial charge in [0.2, 0.25) is 0 Å². The van der Waals surface area contributed by atoms with Gasteiger partial charge in [0.1, 0.15) is 11.4 Å². The van der Waals surface area contributed by atoms with Gasteiger partial charge in [-0.3, -0.25) is 4.79 Å². The molecule has 1 heterocycles. The van der Waals surface area contributed by atoms with Gasteiger partial charge >= 0.3 is 0 Å².